The number of hydrogen-bond acceptors (Lipinski definition) is 3. The molecule has 104 valence electrons. The van der Waals surface area contributed by atoms with Crippen molar-refractivity contribution in [2.24, 2.45) is 0 Å². The number of nitrogens with one attached hydrogen (secondary N) is 2. The number of carbonyl (C=O) groups excluding carboxylic acids is 1. The van der Waals surface area contributed by atoms with Crippen LogP contribution in [0.1, 0.15) is 18.4 Å². The molecule has 0 unspecified atom stereocenters. The molecule has 0 atom stereocenters. The number of hydrogen-bond donors (Lipinski definition) is 2. The Morgan fingerprint density at radius 1 is 1.40 bits per heavy atom. The fourth-order valence-corrected chi connectivity index (χ4v) is 2.07. The molecule has 1 amide bonds. The zero-order valence-electron chi connectivity index (χ0n) is 11.2. The third kappa shape index (κ3) is 3.68. The van der Waals surface area contributed by atoms with E-state index in [0.29, 0.717) is 12.6 Å². The highest BCUT2D eigenvalue weighted by molar-refractivity contribution is 5.92. The molecule has 0 spiro atoms. The highest BCUT2D eigenvalue weighted by Gasteiger charge is 2.21. The summed E-state index contributed by atoms with van der Waals surface area (Å²) in [5, 5.41) is 6.12. The smallest absolute Gasteiger partial charge is 0.238 e. The van der Waals surface area contributed by atoms with E-state index in [1.54, 1.807) is 12.5 Å². The number of carbonyl (C=O) groups is 1. The highest BCUT2D eigenvalue weighted by atomic mass is 16.1. The van der Waals surface area contributed by atoms with Crippen LogP contribution in [0.5, 0.6) is 0 Å². The molecule has 1 aromatic heterocycles. The molecule has 3 rings (SSSR count). The summed E-state index contributed by atoms with van der Waals surface area (Å²) in [5.74, 6) is 0.0108. The number of benzene rings is 1. The Labute approximate surface area is 118 Å². The maximum atomic E-state index is 11.8. The number of aromatic nitrogens is 2. The largest absolute Gasteiger partial charge is 0.333 e. The van der Waals surface area contributed by atoms with Gasteiger partial charge in [-0.25, -0.2) is 4.98 Å². The van der Waals surface area contributed by atoms with Gasteiger partial charge in [-0.1, -0.05) is 12.1 Å². The van der Waals surface area contributed by atoms with Gasteiger partial charge >= 0.3 is 0 Å². The van der Waals surface area contributed by atoms with Crippen LogP contribution in [-0.2, 0) is 11.3 Å². The summed E-state index contributed by atoms with van der Waals surface area (Å²) in [5.41, 5.74) is 1.97. The summed E-state index contributed by atoms with van der Waals surface area (Å²) in [6, 6.07) is 8.45. The van der Waals surface area contributed by atoms with Crippen LogP contribution < -0.4 is 10.6 Å². The minimum absolute atomic E-state index is 0.0108. The topological polar surface area (TPSA) is 59.0 Å². The Hall–Kier alpha value is -2.14. The summed E-state index contributed by atoms with van der Waals surface area (Å²) >= 11 is 0. The Morgan fingerprint density at radius 2 is 2.30 bits per heavy atom. The molecule has 2 N–H and O–H groups in total. The van der Waals surface area contributed by atoms with E-state index in [-0.39, 0.29) is 5.91 Å². The lowest BCUT2D eigenvalue weighted by Gasteiger charge is -2.08. The molecule has 1 aliphatic rings. The average Bonchev–Trinajstić information content (AvgIpc) is 3.14. The van der Waals surface area contributed by atoms with E-state index in [9.17, 15) is 4.79 Å². The van der Waals surface area contributed by atoms with Crippen molar-refractivity contribution in [3.05, 3.63) is 48.5 Å². The van der Waals surface area contributed by atoms with E-state index in [2.05, 4.69) is 15.6 Å². The first-order valence-corrected chi connectivity index (χ1v) is 6.87. The minimum atomic E-state index is 0.0108. The van der Waals surface area contributed by atoms with Crippen molar-refractivity contribution in [3.63, 3.8) is 0 Å². The quantitative estimate of drug-likeness (QED) is 0.838. The van der Waals surface area contributed by atoms with Gasteiger partial charge in [-0.3, -0.25) is 4.79 Å². The van der Waals surface area contributed by atoms with Crippen molar-refractivity contribution in [3.8, 4) is 0 Å². The SMILES string of the molecule is O=C(CNC1CC1)Nc1cccc(Cn2ccnc2)c1. The van der Waals surface area contributed by atoms with E-state index < -0.39 is 0 Å². The monoisotopic (exact) mass is 270 g/mol. The van der Waals surface area contributed by atoms with Gasteiger partial charge in [-0.05, 0) is 30.5 Å². The standard InChI is InChI=1S/C15H18N4O/c20-15(9-17-13-4-5-13)18-14-3-1-2-12(8-14)10-19-7-6-16-11-19/h1-3,6-8,11,13,17H,4-5,9-10H2,(H,18,20). The molecule has 1 aromatic carbocycles. The fraction of sp³-hybridized carbons (Fsp3) is 0.333. The molecule has 0 saturated heterocycles. The first-order chi connectivity index (χ1) is 9.79. The normalized spacial score (nSPS) is 14.2. The molecule has 5 nitrogen and oxygen atoms in total. The van der Waals surface area contributed by atoms with Crippen molar-refractivity contribution in [2.45, 2.75) is 25.4 Å². The summed E-state index contributed by atoms with van der Waals surface area (Å²) < 4.78 is 2.00. The highest BCUT2D eigenvalue weighted by Crippen LogP contribution is 2.18. The molecular formula is C15H18N4O. The van der Waals surface area contributed by atoms with Gasteiger partial charge in [-0.2, -0.15) is 0 Å². The lowest BCUT2D eigenvalue weighted by atomic mass is 10.2. The van der Waals surface area contributed by atoms with Gasteiger partial charge in [0.2, 0.25) is 5.91 Å². The van der Waals surface area contributed by atoms with Crippen LogP contribution in [0.2, 0.25) is 0 Å². The van der Waals surface area contributed by atoms with Crippen LogP contribution in [0, 0.1) is 0 Å². The molecular weight excluding hydrogens is 252 g/mol. The number of amides is 1. The third-order valence-corrected chi connectivity index (χ3v) is 3.26. The average molecular weight is 270 g/mol. The molecule has 1 aliphatic carbocycles. The van der Waals surface area contributed by atoms with Gasteiger partial charge < -0.3 is 15.2 Å². The van der Waals surface area contributed by atoms with Crippen LogP contribution >= 0.6 is 0 Å². The van der Waals surface area contributed by atoms with Gasteiger partial charge in [0.05, 0.1) is 12.9 Å². The van der Waals surface area contributed by atoms with Gasteiger partial charge in [0, 0.05) is 30.7 Å². The lowest BCUT2D eigenvalue weighted by molar-refractivity contribution is -0.115. The van der Waals surface area contributed by atoms with Crippen molar-refractivity contribution >= 4 is 11.6 Å². The molecule has 1 heterocycles. The van der Waals surface area contributed by atoms with E-state index in [1.807, 2.05) is 35.0 Å². The van der Waals surface area contributed by atoms with Gasteiger partial charge in [0.15, 0.2) is 0 Å². The number of anilines is 1. The second-order valence-electron chi connectivity index (χ2n) is 5.14. The Bertz CT molecular complexity index is 575. The van der Waals surface area contributed by atoms with E-state index in [1.165, 1.54) is 12.8 Å². The summed E-state index contributed by atoms with van der Waals surface area (Å²) in [7, 11) is 0. The number of nitrogens with zero attached hydrogens (tertiary/aromatic N) is 2. The Morgan fingerprint density at radius 3 is 3.05 bits per heavy atom. The Kier molecular flexibility index (Phi) is 3.78. The predicted octanol–water partition coefficient (Wildman–Crippen LogP) is 1.62. The zero-order valence-corrected chi connectivity index (χ0v) is 11.2. The maximum absolute atomic E-state index is 11.8. The number of rotatable bonds is 6. The van der Waals surface area contributed by atoms with Gasteiger partial charge in [0.1, 0.15) is 0 Å². The second kappa shape index (κ2) is 5.88. The minimum Gasteiger partial charge on any atom is -0.333 e. The predicted molar refractivity (Wildman–Crippen MR) is 77.4 cm³/mol. The van der Waals surface area contributed by atoms with Crippen LogP contribution in [0.3, 0.4) is 0 Å². The molecule has 0 aliphatic heterocycles. The van der Waals surface area contributed by atoms with Crippen molar-refractivity contribution in [2.75, 3.05) is 11.9 Å². The molecule has 20 heavy (non-hydrogen) atoms. The van der Waals surface area contributed by atoms with E-state index in [4.69, 9.17) is 0 Å². The summed E-state index contributed by atoms with van der Waals surface area (Å²) in [6.45, 7) is 1.14. The molecule has 0 bridgehead atoms. The van der Waals surface area contributed by atoms with Crippen LogP contribution in [0.4, 0.5) is 5.69 Å². The lowest BCUT2D eigenvalue weighted by Crippen LogP contribution is -2.29. The molecule has 1 fully saturated rings. The molecule has 2 aromatic rings. The molecule has 0 radical (unpaired) electrons. The van der Waals surface area contributed by atoms with Crippen molar-refractivity contribution < 1.29 is 4.79 Å². The van der Waals surface area contributed by atoms with Crippen LogP contribution in [0.15, 0.2) is 43.0 Å². The fourth-order valence-electron chi connectivity index (χ4n) is 2.07. The molecule has 1 saturated carbocycles. The van der Waals surface area contributed by atoms with Gasteiger partial charge in [0.25, 0.3) is 0 Å². The van der Waals surface area contributed by atoms with Crippen LogP contribution in [0.25, 0.3) is 0 Å². The van der Waals surface area contributed by atoms with E-state index in [0.717, 1.165) is 17.8 Å². The third-order valence-electron chi connectivity index (χ3n) is 3.26. The first kappa shape index (κ1) is 12.9. The maximum Gasteiger partial charge on any atom is 0.238 e. The van der Waals surface area contributed by atoms with Gasteiger partial charge in [-0.15, -0.1) is 0 Å². The van der Waals surface area contributed by atoms with Crippen molar-refractivity contribution in [1.29, 1.82) is 0 Å². The summed E-state index contributed by atoms with van der Waals surface area (Å²) in [4.78, 5) is 15.8. The Balaban J connectivity index is 1.57. The summed E-state index contributed by atoms with van der Waals surface area (Å²) in [6.07, 6.45) is 7.84. The first-order valence-electron chi connectivity index (χ1n) is 6.87. The zero-order chi connectivity index (χ0) is 13.8. The molecule has 5 heteroatoms. The second-order valence-corrected chi connectivity index (χ2v) is 5.14. The van der Waals surface area contributed by atoms with E-state index >= 15 is 0 Å². The van der Waals surface area contributed by atoms with Crippen molar-refractivity contribution in [1.82, 2.24) is 14.9 Å². The van der Waals surface area contributed by atoms with Crippen LogP contribution in [-0.4, -0.2) is 28.0 Å². The number of imidazole rings is 1.